The van der Waals surface area contributed by atoms with Crippen LogP contribution < -0.4 is 10.2 Å². The van der Waals surface area contributed by atoms with E-state index in [2.05, 4.69) is 10.2 Å². The second-order valence-electron chi connectivity index (χ2n) is 8.67. The lowest BCUT2D eigenvalue weighted by Crippen LogP contribution is -2.44. The topological polar surface area (TPSA) is 69.7 Å². The summed E-state index contributed by atoms with van der Waals surface area (Å²) in [6.07, 6.45) is 5.08. The van der Waals surface area contributed by atoms with Crippen molar-refractivity contribution in [3.63, 3.8) is 0 Å². The zero-order valence-electron chi connectivity index (χ0n) is 18.2. The Labute approximate surface area is 195 Å². The van der Waals surface area contributed by atoms with Gasteiger partial charge in [0.25, 0.3) is 0 Å². The van der Waals surface area contributed by atoms with Crippen molar-refractivity contribution in [3.8, 4) is 0 Å². The minimum Gasteiger partial charge on any atom is -0.372 e. The summed E-state index contributed by atoms with van der Waals surface area (Å²) in [5, 5.41) is 3.49. The molecule has 1 N–H and O–H groups in total. The standard InChI is InChI=1S/C24H30ClN3O3S/c25-21-8-4-6-19(16-21)18-32(30,31)28-15-5-7-20(17-28)24(29)26-22-9-11-23(12-10-22)27-13-2-1-3-14-27/h4,6,8-12,16,20H,1-3,5,7,13-15,17-18H2,(H,26,29)/t20-/m1/s1. The van der Waals surface area contributed by atoms with Gasteiger partial charge in [-0.05, 0) is 74.1 Å². The number of hydrogen-bond donors (Lipinski definition) is 1. The summed E-state index contributed by atoms with van der Waals surface area (Å²) in [5.74, 6) is -0.599. The van der Waals surface area contributed by atoms with Gasteiger partial charge in [-0.2, -0.15) is 0 Å². The Morgan fingerprint density at radius 1 is 1.00 bits per heavy atom. The van der Waals surface area contributed by atoms with Gasteiger partial charge in [-0.15, -0.1) is 0 Å². The van der Waals surface area contributed by atoms with E-state index in [1.807, 2.05) is 24.3 Å². The highest BCUT2D eigenvalue weighted by atomic mass is 35.5. The summed E-state index contributed by atoms with van der Waals surface area (Å²) >= 11 is 5.99. The quantitative estimate of drug-likeness (QED) is 0.667. The van der Waals surface area contributed by atoms with Crippen LogP contribution in [0.5, 0.6) is 0 Å². The van der Waals surface area contributed by atoms with Crippen molar-refractivity contribution in [1.29, 1.82) is 0 Å². The summed E-state index contributed by atoms with van der Waals surface area (Å²) in [6.45, 7) is 2.80. The Balaban J connectivity index is 1.35. The van der Waals surface area contributed by atoms with E-state index in [-0.39, 0.29) is 24.1 Å². The van der Waals surface area contributed by atoms with Crippen molar-refractivity contribution in [2.24, 2.45) is 5.92 Å². The van der Waals surface area contributed by atoms with Gasteiger partial charge in [0, 0.05) is 42.6 Å². The SMILES string of the molecule is O=C(Nc1ccc(N2CCCCC2)cc1)[C@@H]1CCCN(S(=O)(=O)Cc2cccc(Cl)c2)C1. The molecule has 0 unspecified atom stereocenters. The molecule has 4 rings (SSSR count). The third-order valence-electron chi connectivity index (χ3n) is 6.24. The first-order valence-electron chi connectivity index (χ1n) is 11.3. The monoisotopic (exact) mass is 475 g/mol. The van der Waals surface area contributed by atoms with Crippen molar-refractivity contribution < 1.29 is 13.2 Å². The number of amides is 1. The Morgan fingerprint density at radius 3 is 2.47 bits per heavy atom. The van der Waals surface area contributed by atoms with Gasteiger partial charge < -0.3 is 10.2 Å². The molecule has 8 heteroatoms. The number of benzene rings is 2. The molecular formula is C24H30ClN3O3S. The highest BCUT2D eigenvalue weighted by Crippen LogP contribution is 2.25. The molecule has 6 nitrogen and oxygen atoms in total. The maximum Gasteiger partial charge on any atom is 0.228 e. The van der Waals surface area contributed by atoms with Crippen LogP contribution in [0.25, 0.3) is 0 Å². The molecule has 0 spiro atoms. The average Bonchev–Trinajstić information content (AvgIpc) is 2.80. The normalized spacial score (nSPS) is 20.2. The molecule has 1 amide bonds. The van der Waals surface area contributed by atoms with Crippen LogP contribution in [-0.2, 0) is 20.6 Å². The van der Waals surface area contributed by atoms with Gasteiger partial charge in [0.15, 0.2) is 0 Å². The van der Waals surface area contributed by atoms with Gasteiger partial charge in [-0.25, -0.2) is 12.7 Å². The minimum atomic E-state index is -3.52. The van der Waals surface area contributed by atoms with Gasteiger partial charge in [0.2, 0.25) is 15.9 Å². The predicted octanol–water partition coefficient (Wildman–Crippen LogP) is 4.51. The first-order valence-corrected chi connectivity index (χ1v) is 13.3. The van der Waals surface area contributed by atoms with Crippen molar-refractivity contribution in [2.45, 2.75) is 37.9 Å². The molecule has 2 aliphatic heterocycles. The van der Waals surface area contributed by atoms with Gasteiger partial charge in [0.05, 0.1) is 11.7 Å². The Kier molecular flexibility index (Phi) is 7.38. The van der Waals surface area contributed by atoms with E-state index >= 15 is 0 Å². The van der Waals surface area contributed by atoms with Gasteiger partial charge >= 0.3 is 0 Å². The predicted molar refractivity (Wildman–Crippen MR) is 130 cm³/mol. The molecular weight excluding hydrogens is 446 g/mol. The Morgan fingerprint density at radius 2 is 1.75 bits per heavy atom. The lowest BCUT2D eigenvalue weighted by Gasteiger charge is -2.31. The fourth-order valence-electron chi connectivity index (χ4n) is 4.49. The van der Waals surface area contributed by atoms with E-state index in [0.717, 1.165) is 18.8 Å². The van der Waals surface area contributed by atoms with E-state index < -0.39 is 10.0 Å². The van der Waals surface area contributed by atoms with E-state index in [4.69, 9.17) is 11.6 Å². The van der Waals surface area contributed by atoms with E-state index in [1.54, 1.807) is 24.3 Å². The number of carbonyl (C=O) groups excluding carboxylic acids is 1. The molecule has 2 heterocycles. The molecule has 0 aliphatic carbocycles. The molecule has 1 atom stereocenters. The largest absolute Gasteiger partial charge is 0.372 e. The molecule has 172 valence electrons. The summed E-state index contributed by atoms with van der Waals surface area (Å²) in [4.78, 5) is 15.2. The first kappa shape index (κ1) is 23.1. The van der Waals surface area contributed by atoms with Crippen molar-refractivity contribution in [2.75, 3.05) is 36.4 Å². The molecule has 0 saturated carbocycles. The molecule has 32 heavy (non-hydrogen) atoms. The maximum atomic E-state index is 12.9. The number of hydrogen-bond acceptors (Lipinski definition) is 4. The van der Waals surface area contributed by atoms with Crippen molar-refractivity contribution in [3.05, 3.63) is 59.1 Å². The van der Waals surface area contributed by atoms with Crippen LogP contribution in [0.1, 0.15) is 37.7 Å². The van der Waals surface area contributed by atoms with Gasteiger partial charge in [-0.1, -0.05) is 23.7 Å². The first-order chi connectivity index (χ1) is 15.4. The number of piperidine rings is 2. The van der Waals surface area contributed by atoms with Crippen LogP contribution in [0.2, 0.25) is 5.02 Å². The molecule has 2 aromatic carbocycles. The van der Waals surface area contributed by atoms with Crippen LogP contribution in [0.4, 0.5) is 11.4 Å². The van der Waals surface area contributed by atoms with Crippen molar-refractivity contribution >= 4 is 38.9 Å². The summed E-state index contributed by atoms with van der Waals surface area (Å²) < 4.78 is 27.3. The number of halogens is 1. The molecule has 2 fully saturated rings. The van der Waals surface area contributed by atoms with Gasteiger partial charge in [0.1, 0.15) is 0 Å². The van der Waals surface area contributed by atoms with E-state index in [0.29, 0.717) is 30.0 Å². The molecule has 2 aliphatic rings. The van der Waals surface area contributed by atoms with Crippen molar-refractivity contribution in [1.82, 2.24) is 4.31 Å². The fraction of sp³-hybridized carbons (Fsp3) is 0.458. The highest BCUT2D eigenvalue weighted by Gasteiger charge is 2.32. The highest BCUT2D eigenvalue weighted by molar-refractivity contribution is 7.88. The molecule has 0 radical (unpaired) electrons. The zero-order chi connectivity index (χ0) is 22.6. The Bertz CT molecular complexity index is 1040. The second kappa shape index (κ2) is 10.2. The van der Waals surface area contributed by atoms with Gasteiger partial charge in [-0.3, -0.25) is 4.79 Å². The lowest BCUT2D eigenvalue weighted by atomic mass is 9.98. The molecule has 2 saturated heterocycles. The van der Waals surface area contributed by atoms with Crippen LogP contribution in [0.15, 0.2) is 48.5 Å². The van der Waals surface area contributed by atoms with Crippen LogP contribution >= 0.6 is 11.6 Å². The fourth-order valence-corrected chi connectivity index (χ4v) is 6.30. The number of carbonyl (C=O) groups is 1. The number of rotatable bonds is 6. The molecule has 0 bridgehead atoms. The van der Waals surface area contributed by atoms with Crippen LogP contribution in [0.3, 0.4) is 0 Å². The Hall–Kier alpha value is -2.09. The van der Waals surface area contributed by atoms with Crippen LogP contribution in [-0.4, -0.2) is 44.8 Å². The van der Waals surface area contributed by atoms with E-state index in [9.17, 15) is 13.2 Å². The van der Waals surface area contributed by atoms with E-state index in [1.165, 1.54) is 29.3 Å². The number of sulfonamides is 1. The third kappa shape index (κ3) is 5.82. The molecule has 2 aromatic rings. The lowest BCUT2D eigenvalue weighted by molar-refractivity contribution is -0.120. The maximum absolute atomic E-state index is 12.9. The summed E-state index contributed by atoms with van der Waals surface area (Å²) in [5.41, 5.74) is 2.58. The summed E-state index contributed by atoms with van der Waals surface area (Å²) in [6, 6.07) is 14.8. The molecule has 0 aromatic heterocycles. The smallest absolute Gasteiger partial charge is 0.228 e. The average molecular weight is 476 g/mol. The summed E-state index contributed by atoms with van der Waals surface area (Å²) in [7, 11) is -3.52. The van der Waals surface area contributed by atoms with Crippen LogP contribution in [0, 0.1) is 5.92 Å². The number of nitrogens with one attached hydrogen (secondary N) is 1. The minimum absolute atomic E-state index is 0.111. The third-order valence-corrected chi connectivity index (χ3v) is 8.29. The second-order valence-corrected chi connectivity index (χ2v) is 11.1. The number of nitrogens with zero attached hydrogens (tertiary/aromatic N) is 2. The zero-order valence-corrected chi connectivity index (χ0v) is 19.7. The number of anilines is 2.